The fourth-order valence-corrected chi connectivity index (χ4v) is 3.77. The molecule has 3 rings (SSSR count). The van der Waals surface area contributed by atoms with E-state index in [0.29, 0.717) is 6.54 Å². The summed E-state index contributed by atoms with van der Waals surface area (Å²) in [5.41, 5.74) is 1.99. The van der Waals surface area contributed by atoms with E-state index < -0.39 is 0 Å². The molecule has 1 fully saturated rings. The lowest BCUT2D eigenvalue weighted by atomic mass is 10.1. The van der Waals surface area contributed by atoms with Gasteiger partial charge in [0.1, 0.15) is 11.6 Å². The molecule has 1 aliphatic rings. The first-order valence-electron chi connectivity index (χ1n) is 9.71. The van der Waals surface area contributed by atoms with Gasteiger partial charge in [-0.15, -0.1) is 0 Å². The minimum absolute atomic E-state index is 0.0946. The van der Waals surface area contributed by atoms with Gasteiger partial charge in [-0.05, 0) is 48.9 Å². The first-order chi connectivity index (χ1) is 13.5. The number of rotatable bonds is 6. The first-order valence-corrected chi connectivity index (χ1v) is 9.71. The number of carbonyl (C=O) groups is 1. The van der Waals surface area contributed by atoms with Crippen molar-refractivity contribution in [3.8, 4) is 5.75 Å². The predicted molar refractivity (Wildman–Crippen MR) is 108 cm³/mol. The normalized spacial score (nSPS) is 15.9. The van der Waals surface area contributed by atoms with Crippen LogP contribution in [0.2, 0.25) is 0 Å². The fraction of sp³-hybridized carbons (Fsp3) is 0.409. The lowest BCUT2D eigenvalue weighted by Crippen LogP contribution is -3.19. The molecular formula is C22H29FN3O2+. The van der Waals surface area contributed by atoms with Gasteiger partial charge in [0.05, 0.1) is 33.3 Å². The molecule has 1 heterocycles. The molecule has 1 atom stereocenters. The van der Waals surface area contributed by atoms with Crippen LogP contribution in [0.15, 0.2) is 48.5 Å². The number of methoxy groups -OCH3 is 1. The zero-order valence-electron chi connectivity index (χ0n) is 16.8. The quantitative estimate of drug-likeness (QED) is 0.819. The molecule has 0 saturated carbocycles. The third-order valence-corrected chi connectivity index (χ3v) is 5.51. The van der Waals surface area contributed by atoms with Gasteiger partial charge < -0.3 is 19.4 Å². The third kappa shape index (κ3) is 4.81. The number of hydrogen-bond donors (Lipinski definition) is 1. The number of ether oxygens (including phenoxy) is 1. The number of nitrogens with zero attached hydrogens (tertiary/aromatic N) is 2. The highest BCUT2D eigenvalue weighted by Crippen LogP contribution is 2.19. The number of carbonyl (C=O) groups excluding carboxylic acids is 1. The number of nitrogens with one attached hydrogen (secondary N) is 1. The van der Waals surface area contributed by atoms with Gasteiger partial charge in [0.2, 0.25) is 0 Å². The van der Waals surface area contributed by atoms with Gasteiger partial charge in [0, 0.05) is 19.3 Å². The molecule has 28 heavy (non-hydrogen) atoms. The van der Waals surface area contributed by atoms with Crippen LogP contribution in [0.5, 0.6) is 5.75 Å². The number of benzene rings is 2. The van der Waals surface area contributed by atoms with E-state index in [1.54, 1.807) is 25.1 Å². The Morgan fingerprint density at radius 3 is 2.50 bits per heavy atom. The molecule has 0 aromatic heterocycles. The fourth-order valence-electron chi connectivity index (χ4n) is 3.77. The maximum atomic E-state index is 13.4. The Morgan fingerprint density at radius 2 is 1.89 bits per heavy atom. The van der Waals surface area contributed by atoms with E-state index in [0.717, 1.165) is 37.5 Å². The molecule has 0 unspecified atom stereocenters. The standard InChI is InChI=1S/C22H28FN3O2/c1-17(22(27)24(2)16-18-5-4-6-19(23)15-18)25-11-13-26(14-12-25)20-7-9-21(28-3)10-8-20/h4-10,15,17H,11-14,16H2,1-3H3/p+1/t17-/m0/s1. The minimum Gasteiger partial charge on any atom is -0.497 e. The molecule has 1 N–H and O–H groups in total. The van der Waals surface area contributed by atoms with Gasteiger partial charge in [-0.1, -0.05) is 12.1 Å². The second-order valence-electron chi connectivity index (χ2n) is 7.39. The monoisotopic (exact) mass is 386 g/mol. The van der Waals surface area contributed by atoms with Crippen LogP contribution in [0.25, 0.3) is 0 Å². The summed E-state index contributed by atoms with van der Waals surface area (Å²) >= 11 is 0. The van der Waals surface area contributed by atoms with Gasteiger partial charge in [0.25, 0.3) is 5.91 Å². The molecular weight excluding hydrogens is 357 g/mol. The Morgan fingerprint density at radius 1 is 1.21 bits per heavy atom. The number of anilines is 1. The van der Waals surface area contributed by atoms with Crippen molar-refractivity contribution in [3.63, 3.8) is 0 Å². The van der Waals surface area contributed by atoms with Gasteiger partial charge in [-0.2, -0.15) is 0 Å². The Balaban J connectivity index is 1.53. The second-order valence-corrected chi connectivity index (χ2v) is 7.39. The van der Waals surface area contributed by atoms with E-state index in [1.807, 2.05) is 25.1 Å². The number of halogens is 1. The van der Waals surface area contributed by atoms with Crippen molar-refractivity contribution in [1.82, 2.24) is 4.90 Å². The highest BCUT2D eigenvalue weighted by molar-refractivity contribution is 5.79. The minimum atomic E-state index is -0.272. The van der Waals surface area contributed by atoms with Crippen molar-refractivity contribution >= 4 is 11.6 Å². The van der Waals surface area contributed by atoms with Crippen LogP contribution in [-0.4, -0.2) is 57.2 Å². The van der Waals surface area contributed by atoms with Gasteiger partial charge in [-0.25, -0.2) is 4.39 Å². The van der Waals surface area contributed by atoms with Crippen molar-refractivity contribution < 1.29 is 18.8 Å². The molecule has 6 heteroatoms. The summed E-state index contributed by atoms with van der Waals surface area (Å²) in [5.74, 6) is 0.678. The van der Waals surface area contributed by atoms with E-state index in [2.05, 4.69) is 17.0 Å². The zero-order valence-corrected chi connectivity index (χ0v) is 16.8. The number of likely N-dealkylation sites (N-methyl/N-ethyl adjacent to an activating group) is 1. The van der Waals surface area contributed by atoms with Crippen molar-refractivity contribution in [2.45, 2.75) is 19.5 Å². The van der Waals surface area contributed by atoms with Crippen molar-refractivity contribution in [3.05, 3.63) is 59.9 Å². The highest BCUT2D eigenvalue weighted by Gasteiger charge is 2.31. The zero-order chi connectivity index (χ0) is 20.1. The van der Waals surface area contributed by atoms with Crippen LogP contribution in [-0.2, 0) is 11.3 Å². The van der Waals surface area contributed by atoms with Crippen LogP contribution in [0.1, 0.15) is 12.5 Å². The van der Waals surface area contributed by atoms with Crippen molar-refractivity contribution in [2.75, 3.05) is 45.2 Å². The van der Waals surface area contributed by atoms with Crippen LogP contribution in [0, 0.1) is 5.82 Å². The maximum Gasteiger partial charge on any atom is 0.280 e. The average Bonchev–Trinajstić information content (AvgIpc) is 2.73. The van der Waals surface area contributed by atoms with Crippen LogP contribution >= 0.6 is 0 Å². The number of piperazine rings is 1. The summed E-state index contributed by atoms with van der Waals surface area (Å²) in [6.07, 6.45) is 0. The van der Waals surface area contributed by atoms with E-state index in [9.17, 15) is 9.18 Å². The molecule has 150 valence electrons. The smallest absolute Gasteiger partial charge is 0.280 e. The summed E-state index contributed by atoms with van der Waals surface area (Å²) < 4.78 is 18.6. The molecule has 2 aromatic rings. The van der Waals surface area contributed by atoms with E-state index in [1.165, 1.54) is 22.7 Å². The molecule has 0 bridgehead atoms. The summed E-state index contributed by atoms with van der Waals surface area (Å²) in [7, 11) is 3.46. The van der Waals surface area contributed by atoms with Gasteiger partial charge in [0.15, 0.2) is 6.04 Å². The molecule has 1 amide bonds. The van der Waals surface area contributed by atoms with Crippen molar-refractivity contribution in [2.24, 2.45) is 0 Å². The molecule has 0 radical (unpaired) electrons. The summed E-state index contributed by atoms with van der Waals surface area (Å²) in [4.78, 5) is 18.2. The predicted octanol–water partition coefficient (Wildman–Crippen LogP) is 1.59. The Labute approximate surface area is 166 Å². The molecule has 0 spiro atoms. The molecule has 2 aromatic carbocycles. The first kappa shape index (κ1) is 20.1. The van der Waals surface area contributed by atoms with Crippen LogP contribution in [0.3, 0.4) is 0 Å². The Bertz CT molecular complexity index is 789. The van der Waals surface area contributed by atoms with E-state index in [-0.39, 0.29) is 17.8 Å². The Hall–Kier alpha value is -2.60. The number of quaternary nitrogens is 1. The summed E-state index contributed by atoms with van der Waals surface area (Å²) in [5, 5.41) is 0. The Kier molecular flexibility index (Phi) is 6.52. The number of hydrogen-bond acceptors (Lipinski definition) is 3. The molecule has 0 aliphatic carbocycles. The highest BCUT2D eigenvalue weighted by atomic mass is 19.1. The topological polar surface area (TPSA) is 37.2 Å². The summed E-state index contributed by atoms with van der Waals surface area (Å²) in [6, 6.07) is 14.4. The average molecular weight is 386 g/mol. The SMILES string of the molecule is COc1ccc(N2CC[NH+]([C@@H](C)C(=O)N(C)Cc3cccc(F)c3)CC2)cc1. The molecule has 5 nitrogen and oxygen atoms in total. The lowest BCUT2D eigenvalue weighted by Gasteiger charge is -2.37. The molecule has 1 aliphatic heterocycles. The van der Waals surface area contributed by atoms with Gasteiger partial charge >= 0.3 is 0 Å². The van der Waals surface area contributed by atoms with Crippen LogP contribution in [0.4, 0.5) is 10.1 Å². The van der Waals surface area contributed by atoms with Crippen molar-refractivity contribution in [1.29, 1.82) is 0 Å². The summed E-state index contributed by atoms with van der Waals surface area (Å²) in [6.45, 7) is 6.05. The lowest BCUT2D eigenvalue weighted by molar-refractivity contribution is -0.915. The maximum absolute atomic E-state index is 13.4. The second kappa shape index (κ2) is 9.06. The largest absolute Gasteiger partial charge is 0.497 e. The number of amides is 1. The third-order valence-electron chi connectivity index (χ3n) is 5.51. The molecule has 1 saturated heterocycles. The van der Waals surface area contributed by atoms with Gasteiger partial charge in [-0.3, -0.25) is 4.79 Å². The van der Waals surface area contributed by atoms with E-state index in [4.69, 9.17) is 4.74 Å². The van der Waals surface area contributed by atoms with Crippen LogP contribution < -0.4 is 14.5 Å². The van der Waals surface area contributed by atoms with E-state index >= 15 is 0 Å².